The first-order valence-corrected chi connectivity index (χ1v) is 8.93. The summed E-state index contributed by atoms with van der Waals surface area (Å²) in [7, 11) is 0. The van der Waals surface area contributed by atoms with Crippen LogP contribution in [0.3, 0.4) is 0 Å². The fourth-order valence-electron chi connectivity index (χ4n) is 2.96. The first-order chi connectivity index (χ1) is 13.6. The molecule has 2 N–H and O–H groups in total. The molecule has 4 nitrogen and oxygen atoms in total. The molecule has 0 aliphatic rings. The monoisotopic (exact) mass is 369 g/mol. The van der Waals surface area contributed by atoms with Crippen LogP contribution in [-0.2, 0) is 0 Å². The van der Waals surface area contributed by atoms with Crippen LogP contribution < -0.4 is 0 Å². The van der Waals surface area contributed by atoms with E-state index in [1.165, 1.54) is 5.56 Å². The van der Waals surface area contributed by atoms with Gasteiger partial charge in [-0.05, 0) is 67.1 Å². The summed E-state index contributed by atoms with van der Waals surface area (Å²) in [6.45, 7) is 2.05. The van der Waals surface area contributed by atoms with Crippen LogP contribution in [-0.4, -0.2) is 15.4 Å². The van der Waals surface area contributed by atoms with Gasteiger partial charge in [0.05, 0.1) is 5.56 Å². The van der Waals surface area contributed by atoms with E-state index >= 15 is 0 Å². The zero-order chi connectivity index (χ0) is 19.5. The highest BCUT2D eigenvalue weighted by Crippen LogP contribution is 2.35. The SMILES string of the molecule is Cc1ccc(/C=C/c2c(-c3ccc(O)cc3)noc2-c2ccc(O)cc2)cc1. The van der Waals surface area contributed by atoms with Gasteiger partial charge in [-0.1, -0.05) is 41.1 Å². The number of hydrogen-bond donors (Lipinski definition) is 2. The van der Waals surface area contributed by atoms with Gasteiger partial charge in [0.1, 0.15) is 17.2 Å². The molecule has 0 unspecified atom stereocenters. The van der Waals surface area contributed by atoms with E-state index in [2.05, 4.69) is 36.3 Å². The summed E-state index contributed by atoms with van der Waals surface area (Å²) in [5, 5.41) is 23.4. The summed E-state index contributed by atoms with van der Waals surface area (Å²) in [4.78, 5) is 0. The zero-order valence-electron chi connectivity index (χ0n) is 15.3. The van der Waals surface area contributed by atoms with Crippen molar-refractivity contribution in [3.63, 3.8) is 0 Å². The van der Waals surface area contributed by atoms with E-state index in [1.807, 2.05) is 12.2 Å². The van der Waals surface area contributed by atoms with E-state index in [0.717, 1.165) is 22.3 Å². The first-order valence-electron chi connectivity index (χ1n) is 8.93. The molecule has 0 spiro atoms. The van der Waals surface area contributed by atoms with E-state index in [4.69, 9.17) is 4.52 Å². The van der Waals surface area contributed by atoms with Crippen molar-refractivity contribution in [2.75, 3.05) is 0 Å². The summed E-state index contributed by atoms with van der Waals surface area (Å²) in [5.74, 6) is 1.01. The molecule has 4 heteroatoms. The third kappa shape index (κ3) is 3.67. The molecule has 0 amide bonds. The molecular formula is C24H19NO3. The van der Waals surface area contributed by atoms with Crippen LogP contribution in [0.4, 0.5) is 0 Å². The van der Waals surface area contributed by atoms with Crippen LogP contribution in [0.5, 0.6) is 11.5 Å². The van der Waals surface area contributed by atoms with Gasteiger partial charge >= 0.3 is 0 Å². The minimum absolute atomic E-state index is 0.193. The average Bonchev–Trinajstić information content (AvgIpc) is 3.12. The van der Waals surface area contributed by atoms with E-state index < -0.39 is 0 Å². The fraction of sp³-hybridized carbons (Fsp3) is 0.0417. The normalized spacial score (nSPS) is 11.2. The Labute approximate surface area is 163 Å². The van der Waals surface area contributed by atoms with Crippen molar-refractivity contribution in [3.05, 3.63) is 89.5 Å². The Hall–Kier alpha value is -3.79. The van der Waals surface area contributed by atoms with Gasteiger partial charge in [-0.25, -0.2) is 0 Å². The second-order valence-electron chi connectivity index (χ2n) is 6.61. The molecule has 4 rings (SSSR count). The van der Waals surface area contributed by atoms with Gasteiger partial charge in [0, 0.05) is 11.1 Å². The van der Waals surface area contributed by atoms with E-state index in [9.17, 15) is 10.2 Å². The Morgan fingerprint density at radius 2 is 1.29 bits per heavy atom. The van der Waals surface area contributed by atoms with Crippen molar-refractivity contribution in [3.8, 4) is 34.1 Å². The lowest BCUT2D eigenvalue weighted by molar-refractivity contribution is 0.434. The number of nitrogens with zero attached hydrogens (tertiary/aromatic N) is 1. The summed E-state index contributed by atoms with van der Waals surface area (Å²) in [6.07, 6.45) is 3.99. The molecule has 0 atom stereocenters. The van der Waals surface area contributed by atoms with Gasteiger partial charge in [-0.15, -0.1) is 0 Å². The highest BCUT2D eigenvalue weighted by Gasteiger charge is 2.17. The average molecular weight is 369 g/mol. The maximum atomic E-state index is 9.57. The van der Waals surface area contributed by atoms with Crippen LogP contribution in [0.1, 0.15) is 16.7 Å². The quantitative estimate of drug-likeness (QED) is 0.470. The molecule has 0 bridgehead atoms. The number of aryl methyl sites for hydroxylation is 1. The molecule has 0 radical (unpaired) electrons. The van der Waals surface area contributed by atoms with Crippen molar-refractivity contribution < 1.29 is 14.7 Å². The minimum atomic E-state index is 0.193. The molecule has 4 aromatic rings. The van der Waals surface area contributed by atoms with Crippen LogP contribution in [0.15, 0.2) is 77.3 Å². The number of benzene rings is 3. The predicted molar refractivity (Wildman–Crippen MR) is 111 cm³/mol. The van der Waals surface area contributed by atoms with Crippen molar-refractivity contribution in [1.29, 1.82) is 0 Å². The molecule has 0 saturated carbocycles. The van der Waals surface area contributed by atoms with Crippen LogP contribution in [0.25, 0.3) is 34.7 Å². The molecule has 1 aromatic heterocycles. The van der Waals surface area contributed by atoms with Crippen molar-refractivity contribution in [2.24, 2.45) is 0 Å². The number of aromatic nitrogens is 1. The largest absolute Gasteiger partial charge is 0.508 e. The van der Waals surface area contributed by atoms with Crippen LogP contribution in [0, 0.1) is 6.92 Å². The molecule has 0 fully saturated rings. The number of hydrogen-bond acceptors (Lipinski definition) is 4. The zero-order valence-corrected chi connectivity index (χ0v) is 15.3. The Morgan fingerprint density at radius 1 is 0.714 bits per heavy atom. The molecule has 28 heavy (non-hydrogen) atoms. The summed E-state index contributed by atoms with van der Waals surface area (Å²) >= 11 is 0. The summed E-state index contributed by atoms with van der Waals surface area (Å²) in [5.41, 5.74) is 5.45. The molecule has 3 aromatic carbocycles. The second-order valence-corrected chi connectivity index (χ2v) is 6.61. The maximum absolute atomic E-state index is 9.57. The van der Waals surface area contributed by atoms with Crippen molar-refractivity contribution in [2.45, 2.75) is 6.92 Å². The van der Waals surface area contributed by atoms with E-state index in [-0.39, 0.29) is 11.5 Å². The Balaban J connectivity index is 1.81. The molecule has 0 saturated heterocycles. The summed E-state index contributed by atoms with van der Waals surface area (Å²) < 4.78 is 5.67. The minimum Gasteiger partial charge on any atom is -0.508 e. The van der Waals surface area contributed by atoms with Crippen LogP contribution >= 0.6 is 0 Å². The van der Waals surface area contributed by atoms with Gasteiger partial charge in [0.2, 0.25) is 0 Å². The molecule has 0 aliphatic carbocycles. The number of phenolic OH excluding ortho intramolecular Hbond substituents is 2. The highest BCUT2D eigenvalue weighted by molar-refractivity contribution is 5.86. The first kappa shape index (κ1) is 17.6. The third-order valence-corrected chi connectivity index (χ3v) is 4.52. The van der Waals surface area contributed by atoms with Gasteiger partial charge in [0.15, 0.2) is 5.76 Å². The lowest BCUT2D eigenvalue weighted by Crippen LogP contribution is -1.83. The van der Waals surface area contributed by atoms with Crippen molar-refractivity contribution >= 4 is 12.2 Å². The van der Waals surface area contributed by atoms with Gasteiger partial charge in [-0.2, -0.15) is 0 Å². The lowest BCUT2D eigenvalue weighted by atomic mass is 10.0. The Morgan fingerprint density at radius 3 is 1.89 bits per heavy atom. The van der Waals surface area contributed by atoms with E-state index in [0.29, 0.717) is 11.5 Å². The second kappa shape index (κ2) is 7.45. The number of aromatic hydroxyl groups is 2. The third-order valence-electron chi connectivity index (χ3n) is 4.52. The van der Waals surface area contributed by atoms with Gasteiger partial charge in [-0.3, -0.25) is 0 Å². The predicted octanol–water partition coefficient (Wildman–Crippen LogP) is 5.90. The maximum Gasteiger partial charge on any atom is 0.174 e. The molecular weight excluding hydrogens is 350 g/mol. The highest BCUT2D eigenvalue weighted by atomic mass is 16.5. The van der Waals surface area contributed by atoms with Gasteiger partial charge < -0.3 is 14.7 Å². The summed E-state index contributed by atoms with van der Waals surface area (Å²) in [6, 6.07) is 21.9. The van der Waals surface area contributed by atoms with E-state index in [1.54, 1.807) is 48.5 Å². The standard InChI is InChI=1S/C24H19NO3/c1-16-2-4-17(5-3-16)6-15-22-23(18-7-11-20(26)12-8-18)25-28-24(22)19-9-13-21(27)14-10-19/h2-15,26-27H,1H3/b15-6+. The molecule has 1 heterocycles. The fourth-order valence-corrected chi connectivity index (χ4v) is 2.96. The molecule has 0 aliphatic heterocycles. The van der Waals surface area contributed by atoms with Crippen LogP contribution in [0.2, 0.25) is 0 Å². The number of phenols is 2. The van der Waals surface area contributed by atoms with Crippen molar-refractivity contribution in [1.82, 2.24) is 5.16 Å². The number of rotatable bonds is 4. The van der Waals surface area contributed by atoms with Gasteiger partial charge in [0.25, 0.3) is 0 Å². The Kier molecular flexibility index (Phi) is 4.68. The lowest BCUT2D eigenvalue weighted by Gasteiger charge is -2.02. The Bertz CT molecular complexity index is 1040. The smallest absolute Gasteiger partial charge is 0.174 e. The molecule has 138 valence electrons. The topological polar surface area (TPSA) is 66.5 Å².